The summed E-state index contributed by atoms with van der Waals surface area (Å²) in [6.45, 7) is 3.93. The Labute approximate surface area is 203 Å². The largest absolute Gasteiger partial charge is 0.369 e. The molecule has 11 heteroatoms. The van der Waals surface area contributed by atoms with Gasteiger partial charge < -0.3 is 4.90 Å². The zero-order valence-electron chi connectivity index (χ0n) is 16.9. The summed E-state index contributed by atoms with van der Waals surface area (Å²) < 4.78 is 27.6. The van der Waals surface area contributed by atoms with Gasteiger partial charge in [0, 0.05) is 51.1 Å². The van der Waals surface area contributed by atoms with E-state index in [1.54, 1.807) is 18.2 Å². The van der Waals surface area contributed by atoms with Crippen molar-refractivity contribution in [1.82, 2.24) is 14.9 Å². The SMILES string of the molecule is O=S(=O)(Nc1ccncn1)c1ccc(N2CCN(Cc3cc(Cl)cc(Cl)c3Cl)CC2)cc1.[HH]. The summed E-state index contributed by atoms with van der Waals surface area (Å²) in [4.78, 5) is 12.4. The number of sulfonamides is 1. The fraction of sp³-hybridized carbons (Fsp3) is 0.238. The molecule has 1 aliphatic heterocycles. The van der Waals surface area contributed by atoms with E-state index >= 15 is 0 Å². The molecule has 0 unspecified atom stereocenters. The number of anilines is 2. The molecule has 170 valence electrons. The van der Waals surface area contributed by atoms with Gasteiger partial charge in [0.1, 0.15) is 12.1 Å². The van der Waals surface area contributed by atoms with Crippen LogP contribution in [0.15, 0.2) is 59.9 Å². The van der Waals surface area contributed by atoms with Crippen molar-refractivity contribution in [3.05, 3.63) is 75.6 Å². The molecule has 0 amide bonds. The molecule has 7 nitrogen and oxygen atoms in total. The number of rotatable bonds is 6. The maximum Gasteiger partial charge on any atom is 0.263 e. The quantitative estimate of drug-likeness (QED) is 0.476. The Morgan fingerprint density at radius 1 is 1.00 bits per heavy atom. The smallest absolute Gasteiger partial charge is 0.263 e. The monoisotopic (exact) mass is 513 g/mol. The van der Waals surface area contributed by atoms with E-state index in [2.05, 4.69) is 24.5 Å². The van der Waals surface area contributed by atoms with Crippen LogP contribution in [0.3, 0.4) is 0 Å². The molecule has 32 heavy (non-hydrogen) atoms. The van der Waals surface area contributed by atoms with E-state index in [0.717, 1.165) is 37.4 Å². The highest BCUT2D eigenvalue weighted by Gasteiger charge is 2.20. The molecule has 1 aromatic heterocycles. The lowest BCUT2D eigenvalue weighted by atomic mass is 10.2. The predicted molar refractivity (Wildman–Crippen MR) is 130 cm³/mol. The Kier molecular flexibility index (Phi) is 7.07. The van der Waals surface area contributed by atoms with E-state index in [4.69, 9.17) is 34.8 Å². The lowest BCUT2D eigenvalue weighted by Crippen LogP contribution is -2.46. The molecule has 1 saturated heterocycles. The van der Waals surface area contributed by atoms with Crippen molar-refractivity contribution >= 4 is 56.3 Å². The van der Waals surface area contributed by atoms with E-state index in [1.165, 1.54) is 18.6 Å². The van der Waals surface area contributed by atoms with Gasteiger partial charge >= 0.3 is 0 Å². The van der Waals surface area contributed by atoms with Crippen molar-refractivity contribution in [2.24, 2.45) is 0 Å². The highest BCUT2D eigenvalue weighted by Crippen LogP contribution is 2.31. The Bertz CT molecular complexity index is 1190. The molecule has 0 aliphatic carbocycles. The van der Waals surface area contributed by atoms with Crippen molar-refractivity contribution in [3.8, 4) is 0 Å². The van der Waals surface area contributed by atoms with E-state index in [9.17, 15) is 8.42 Å². The molecule has 0 bridgehead atoms. The van der Waals surface area contributed by atoms with Gasteiger partial charge in [-0.05, 0) is 48.0 Å². The minimum Gasteiger partial charge on any atom is -0.369 e. The zero-order chi connectivity index (χ0) is 22.7. The van der Waals surface area contributed by atoms with Gasteiger partial charge in [-0.25, -0.2) is 18.4 Å². The summed E-state index contributed by atoms with van der Waals surface area (Å²) in [5, 5.41) is 1.56. The van der Waals surface area contributed by atoms with Crippen LogP contribution in [0.5, 0.6) is 0 Å². The Balaban J connectivity index is 0.00000306. The Hall–Kier alpha value is -2.10. The van der Waals surface area contributed by atoms with Crippen LogP contribution in [0, 0.1) is 0 Å². The number of hydrogen-bond donors (Lipinski definition) is 1. The fourth-order valence-corrected chi connectivity index (χ4v) is 5.23. The third kappa shape index (κ3) is 5.44. The number of piperazine rings is 1. The fourth-order valence-electron chi connectivity index (χ4n) is 3.51. The Morgan fingerprint density at radius 3 is 2.38 bits per heavy atom. The molecule has 2 aromatic carbocycles. The van der Waals surface area contributed by atoms with Crippen LogP contribution in [0.1, 0.15) is 6.99 Å². The lowest BCUT2D eigenvalue weighted by Gasteiger charge is -2.36. The summed E-state index contributed by atoms with van der Waals surface area (Å²) in [5.41, 5.74) is 1.87. The van der Waals surface area contributed by atoms with Gasteiger partial charge in [0.25, 0.3) is 10.0 Å². The summed E-state index contributed by atoms with van der Waals surface area (Å²) in [5.74, 6) is 0.223. The maximum atomic E-state index is 12.6. The van der Waals surface area contributed by atoms with Crippen LogP contribution in [-0.2, 0) is 16.6 Å². The first-order valence-electron chi connectivity index (χ1n) is 9.81. The zero-order valence-corrected chi connectivity index (χ0v) is 20.0. The van der Waals surface area contributed by atoms with Crippen molar-refractivity contribution in [3.63, 3.8) is 0 Å². The average molecular weight is 515 g/mol. The van der Waals surface area contributed by atoms with Gasteiger partial charge in [0.15, 0.2) is 0 Å². The van der Waals surface area contributed by atoms with Gasteiger partial charge in [0.05, 0.1) is 14.9 Å². The highest BCUT2D eigenvalue weighted by atomic mass is 35.5. The first-order valence-corrected chi connectivity index (χ1v) is 12.4. The molecular formula is C21H22Cl3N5O2S. The number of benzene rings is 2. The number of hydrogen-bond acceptors (Lipinski definition) is 6. The van der Waals surface area contributed by atoms with Crippen LogP contribution < -0.4 is 9.62 Å². The normalized spacial score (nSPS) is 15.0. The van der Waals surface area contributed by atoms with E-state index in [1.807, 2.05) is 18.2 Å². The minimum absolute atomic E-state index is 0. The summed E-state index contributed by atoms with van der Waals surface area (Å²) in [6.07, 6.45) is 2.76. The molecule has 3 aromatic rings. The minimum atomic E-state index is -3.72. The van der Waals surface area contributed by atoms with Crippen LogP contribution in [0.4, 0.5) is 11.5 Å². The summed E-state index contributed by atoms with van der Waals surface area (Å²) in [6, 6.07) is 11.8. The lowest BCUT2D eigenvalue weighted by molar-refractivity contribution is 0.250. The molecule has 1 aliphatic rings. The van der Waals surface area contributed by atoms with Crippen LogP contribution in [0.2, 0.25) is 15.1 Å². The average Bonchev–Trinajstić information content (AvgIpc) is 2.78. The maximum absolute atomic E-state index is 12.6. The molecular weight excluding hydrogens is 493 g/mol. The summed E-state index contributed by atoms with van der Waals surface area (Å²) >= 11 is 18.6. The second-order valence-electron chi connectivity index (χ2n) is 7.32. The highest BCUT2D eigenvalue weighted by molar-refractivity contribution is 7.92. The topological polar surface area (TPSA) is 78.4 Å². The first-order chi connectivity index (χ1) is 15.3. The van der Waals surface area contributed by atoms with Gasteiger partial charge in [0.2, 0.25) is 0 Å². The van der Waals surface area contributed by atoms with Crippen LogP contribution in [0.25, 0.3) is 0 Å². The molecule has 4 rings (SSSR count). The van der Waals surface area contributed by atoms with Crippen molar-refractivity contribution in [1.29, 1.82) is 0 Å². The number of aromatic nitrogens is 2. The predicted octanol–water partition coefficient (Wildman–Crippen LogP) is 4.81. The van der Waals surface area contributed by atoms with Crippen LogP contribution >= 0.6 is 34.8 Å². The number of nitrogens with zero attached hydrogens (tertiary/aromatic N) is 4. The Morgan fingerprint density at radius 2 is 1.72 bits per heavy atom. The van der Waals surface area contributed by atoms with Gasteiger partial charge in [-0.3, -0.25) is 9.62 Å². The standard InChI is InChI=1S/C21H20Cl3N5O2S.H2/c22-16-11-15(21(24)19(23)12-16)13-28-7-9-29(10-8-28)17-1-3-18(4-2-17)32(30,31)27-20-5-6-25-14-26-20;/h1-6,11-12,14H,7-10,13H2,(H,25,26,27);1H. The third-order valence-corrected chi connectivity index (χ3v) is 7.60. The third-order valence-electron chi connectivity index (χ3n) is 5.17. The molecule has 0 radical (unpaired) electrons. The summed E-state index contributed by atoms with van der Waals surface area (Å²) in [7, 11) is -3.72. The van der Waals surface area contributed by atoms with Crippen LogP contribution in [-0.4, -0.2) is 49.5 Å². The van der Waals surface area contributed by atoms with E-state index in [-0.39, 0.29) is 12.1 Å². The molecule has 0 saturated carbocycles. The van der Waals surface area contributed by atoms with Gasteiger partial charge in [-0.15, -0.1) is 0 Å². The van der Waals surface area contributed by atoms with Crippen molar-refractivity contribution in [2.45, 2.75) is 11.4 Å². The second kappa shape index (κ2) is 9.80. The second-order valence-corrected chi connectivity index (χ2v) is 10.2. The first kappa shape index (κ1) is 23.1. The van der Waals surface area contributed by atoms with E-state index in [0.29, 0.717) is 21.6 Å². The molecule has 1 fully saturated rings. The van der Waals surface area contributed by atoms with Crippen molar-refractivity contribution < 1.29 is 9.84 Å². The van der Waals surface area contributed by atoms with Gasteiger partial charge in [-0.2, -0.15) is 0 Å². The van der Waals surface area contributed by atoms with Crippen molar-refractivity contribution in [2.75, 3.05) is 35.8 Å². The molecule has 0 spiro atoms. The molecule has 0 atom stereocenters. The molecule has 2 heterocycles. The molecule has 1 N–H and O–H groups in total. The van der Waals surface area contributed by atoms with Gasteiger partial charge in [-0.1, -0.05) is 34.8 Å². The number of halogens is 3. The van der Waals surface area contributed by atoms with E-state index < -0.39 is 10.0 Å². The number of nitrogens with one attached hydrogen (secondary N) is 1.